The summed E-state index contributed by atoms with van der Waals surface area (Å²) >= 11 is 0. The Morgan fingerprint density at radius 2 is 1.90 bits per heavy atom. The summed E-state index contributed by atoms with van der Waals surface area (Å²) in [6, 6.07) is 1.98. The largest absolute Gasteiger partial charge is 0.390 e. The van der Waals surface area contributed by atoms with E-state index in [0.29, 0.717) is 17.3 Å². The Morgan fingerprint density at radius 3 is 2.65 bits per heavy atom. The molecule has 5 rings (SSSR count). The first-order valence-corrected chi connectivity index (χ1v) is 12.2. The van der Waals surface area contributed by atoms with Gasteiger partial charge in [-0.2, -0.15) is 5.26 Å². The number of Topliss-reactive ketones (excluding diaryl/α,β-unsaturated/α-hetero) is 1. The van der Waals surface area contributed by atoms with Crippen LogP contribution in [0.5, 0.6) is 0 Å². The molecular weight excluding hydrogens is 388 g/mol. The van der Waals surface area contributed by atoms with Gasteiger partial charge in [-0.15, -0.1) is 5.10 Å². The molecule has 1 aromatic rings. The molecule has 0 unspecified atom stereocenters. The number of nitrogens with zero attached hydrogens (tertiary/aromatic N) is 4. The molecule has 0 bridgehead atoms. The molecule has 168 valence electrons. The van der Waals surface area contributed by atoms with Gasteiger partial charge in [-0.3, -0.25) is 4.79 Å². The highest BCUT2D eigenvalue weighted by atomic mass is 16.3. The smallest absolute Gasteiger partial charge is 0.182 e. The summed E-state index contributed by atoms with van der Waals surface area (Å²) in [5, 5.41) is 27.4. The van der Waals surface area contributed by atoms with Crippen molar-refractivity contribution in [3.8, 4) is 6.07 Å². The SMILES string of the molecule is C[C@@]1(O)CC[C@@]2(C)[C@H](CC[C@@H]3[C@@H]2CC[C@]2(C)[C@@H](C(=O)Cn4cc(C#N)nn4)CC[C@@H]32)C1. The van der Waals surface area contributed by atoms with Crippen LogP contribution in [0.15, 0.2) is 6.20 Å². The van der Waals surface area contributed by atoms with Gasteiger partial charge in [0.1, 0.15) is 12.6 Å². The molecule has 6 nitrogen and oxygen atoms in total. The first kappa shape index (κ1) is 21.1. The predicted octanol–water partition coefficient (Wildman–Crippen LogP) is 4.13. The van der Waals surface area contributed by atoms with Crippen molar-refractivity contribution in [1.82, 2.24) is 15.0 Å². The summed E-state index contributed by atoms with van der Waals surface area (Å²) in [6.07, 6.45) is 11.6. The summed E-state index contributed by atoms with van der Waals surface area (Å²) in [7, 11) is 0. The molecule has 4 saturated carbocycles. The zero-order chi connectivity index (χ0) is 22.0. The van der Waals surface area contributed by atoms with E-state index < -0.39 is 5.60 Å². The van der Waals surface area contributed by atoms with Crippen LogP contribution in [0.4, 0.5) is 0 Å². The Balaban J connectivity index is 1.34. The molecule has 4 fully saturated rings. The van der Waals surface area contributed by atoms with Gasteiger partial charge in [-0.25, -0.2) is 4.68 Å². The van der Waals surface area contributed by atoms with E-state index in [0.717, 1.165) is 50.4 Å². The van der Waals surface area contributed by atoms with Crippen molar-refractivity contribution in [1.29, 1.82) is 5.26 Å². The van der Waals surface area contributed by atoms with Gasteiger partial charge in [0.15, 0.2) is 11.5 Å². The molecule has 1 heterocycles. The number of nitriles is 1. The Hall–Kier alpha value is -1.74. The van der Waals surface area contributed by atoms with Crippen LogP contribution in [0.3, 0.4) is 0 Å². The maximum atomic E-state index is 13.3. The van der Waals surface area contributed by atoms with Gasteiger partial charge < -0.3 is 5.11 Å². The lowest BCUT2D eigenvalue weighted by molar-refractivity contribution is -0.151. The fourth-order valence-electron chi connectivity index (χ4n) is 8.66. The van der Waals surface area contributed by atoms with Crippen molar-refractivity contribution in [3.63, 3.8) is 0 Å². The second-order valence-corrected chi connectivity index (χ2v) is 11.9. The number of ketones is 1. The molecule has 1 N–H and O–H groups in total. The second kappa shape index (κ2) is 7.13. The van der Waals surface area contributed by atoms with Crippen LogP contribution in [0.1, 0.15) is 84.3 Å². The van der Waals surface area contributed by atoms with Gasteiger partial charge in [0.2, 0.25) is 0 Å². The van der Waals surface area contributed by atoms with E-state index in [1.165, 1.54) is 23.9 Å². The van der Waals surface area contributed by atoms with Gasteiger partial charge in [0.05, 0.1) is 11.8 Å². The minimum atomic E-state index is -0.488. The number of aromatic nitrogens is 3. The lowest BCUT2D eigenvalue weighted by atomic mass is 9.44. The van der Waals surface area contributed by atoms with E-state index in [1.807, 2.05) is 13.0 Å². The number of carbonyl (C=O) groups excluding carboxylic acids is 1. The Labute approximate surface area is 185 Å². The van der Waals surface area contributed by atoms with E-state index in [-0.39, 0.29) is 29.4 Å². The highest BCUT2D eigenvalue weighted by Crippen LogP contribution is 2.68. The summed E-state index contributed by atoms with van der Waals surface area (Å²) in [5.74, 6) is 3.07. The van der Waals surface area contributed by atoms with Gasteiger partial charge in [0, 0.05) is 5.92 Å². The Bertz CT molecular complexity index is 917. The van der Waals surface area contributed by atoms with Crippen molar-refractivity contribution < 1.29 is 9.90 Å². The average Bonchev–Trinajstić information content (AvgIpc) is 3.31. The molecule has 0 radical (unpaired) electrons. The predicted molar refractivity (Wildman–Crippen MR) is 116 cm³/mol. The third-order valence-corrected chi connectivity index (χ3v) is 10.3. The Morgan fingerprint density at radius 1 is 1.13 bits per heavy atom. The van der Waals surface area contributed by atoms with Crippen molar-refractivity contribution in [2.24, 2.45) is 40.4 Å². The van der Waals surface area contributed by atoms with Crippen LogP contribution in [-0.4, -0.2) is 31.5 Å². The summed E-state index contributed by atoms with van der Waals surface area (Å²) in [6.45, 7) is 7.15. The molecule has 0 aliphatic heterocycles. The summed E-state index contributed by atoms with van der Waals surface area (Å²) in [4.78, 5) is 13.3. The molecule has 0 spiro atoms. The van der Waals surface area contributed by atoms with Gasteiger partial charge in [-0.05, 0) is 99.2 Å². The second-order valence-electron chi connectivity index (χ2n) is 11.9. The van der Waals surface area contributed by atoms with Crippen molar-refractivity contribution in [2.45, 2.75) is 90.7 Å². The summed E-state index contributed by atoms with van der Waals surface area (Å²) < 4.78 is 1.53. The number of carbonyl (C=O) groups is 1. The van der Waals surface area contributed by atoms with E-state index in [2.05, 4.69) is 24.2 Å². The van der Waals surface area contributed by atoms with Crippen LogP contribution in [-0.2, 0) is 11.3 Å². The number of rotatable bonds is 3. The van der Waals surface area contributed by atoms with Crippen LogP contribution >= 0.6 is 0 Å². The van der Waals surface area contributed by atoms with Crippen molar-refractivity contribution in [2.75, 3.05) is 0 Å². The number of hydrogen-bond acceptors (Lipinski definition) is 5. The number of hydrogen-bond donors (Lipinski definition) is 1. The fraction of sp³-hybridized carbons (Fsp3) is 0.840. The van der Waals surface area contributed by atoms with Crippen LogP contribution < -0.4 is 0 Å². The highest BCUT2D eigenvalue weighted by Gasteiger charge is 2.61. The summed E-state index contributed by atoms with van der Waals surface area (Å²) in [5.41, 5.74) is 0.210. The van der Waals surface area contributed by atoms with Crippen molar-refractivity contribution >= 4 is 5.78 Å². The lowest BCUT2D eigenvalue weighted by Crippen LogP contribution is -2.55. The number of aliphatic hydroxyl groups is 1. The van der Waals surface area contributed by atoms with E-state index in [4.69, 9.17) is 5.26 Å². The third kappa shape index (κ3) is 3.26. The monoisotopic (exact) mass is 424 g/mol. The minimum Gasteiger partial charge on any atom is -0.390 e. The molecular formula is C25H36N4O2. The van der Waals surface area contributed by atoms with Gasteiger partial charge >= 0.3 is 0 Å². The zero-order valence-corrected chi connectivity index (χ0v) is 19.2. The van der Waals surface area contributed by atoms with E-state index in [9.17, 15) is 9.90 Å². The van der Waals surface area contributed by atoms with Gasteiger partial charge in [-0.1, -0.05) is 19.1 Å². The number of fused-ring (bicyclic) bond motifs is 5. The molecule has 4 aliphatic carbocycles. The highest BCUT2D eigenvalue weighted by molar-refractivity contribution is 5.82. The maximum absolute atomic E-state index is 13.3. The standard InChI is InChI=1S/C25H36N4O2/c1-23(31)10-11-24(2)16(12-23)4-5-18-19-6-7-21(25(19,3)9-8-20(18)24)22(30)15-29-14-17(13-26)27-28-29/h14,16,18-21,31H,4-12,15H2,1-3H3/t16-,18+,19+,20+,21-,23-,24+,25+/m1/s1. The van der Waals surface area contributed by atoms with Crippen LogP contribution in [0.2, 0.25) is 0 Å². The quantitative estimate of drug-likeness (QED) is 0.788. The first-order chi connectivity index (χ1) is 14.7. The van der Waals surface area contributed by atoms with E-state index in [1.54, 1.807) is 6.20 Å². The molecule has 8 atom stereocenters. The fourth-order valence-corrected chi connectivity index (χ4v) is 8.66. The minimum absolute atomic E-state index is 0.0836. The van der Waals surface area contributed by atoms with Gasteiger partial charge in [0.25, 0.3) is 0 Å². The molecule has 1 aromatic heterocycles. The third-order valence-electron chi connectivity index (χ3n) is 10.3. The van der Waals surface area contributed by atoms with E-state index >= 15 is 0 Å². The van der Waals surface area contributed by atoms with Crippen LogP contribution in [0.25, 0.3) is 0 Å². The molecule has 0 saturated heterocycles. The molecule has 6 heteroatoms. The molecule has 31 heavy (non-hydrogen) atoms. The maximum Gasteiger partial charge on any atom is 0.182 e. The topological polar surface area (TPSA) is 91.8 Å². The zero-order valence-electron chi connectivity index (χ0n) is 19.2. The average molecular weight is 425 g/mol. The first-order valence-electron chi connectivity index (χ1n) is 12.2. The lowest BCUT2D eigenvalue weighted by Gasteiger charge is -2.61. The molecule has 4 aliphatic rings. The van der Waals surface area contributed by atoms with Crippen molar-refractivity contribution in [3.05, 3.63) is 11.9 Å². The van der Waals surface area contributed by atoms with Crippen LogP contribution in [0, 0.1) is 51.8 Å². The Kier molecular flexibility index (Phi) is 4.86. The molecule has 0 aromatic carbocycles. The normalized spacial score (nSPS) is 46.5. The molecule has 0 amide bonds.